The van der Waals surface area contributed by atoms with Crippen LogP contribution in [0.2, 0.25) is 5.02 Å². The minimum absolute atomic E-state index is 0.205. The number of piperazine rings is 1. The zero-order valence-corrected chi connectivity index (χ0v) is 16.7. The number of carbonyl (C=O) groups excluding carboxylic acids is 3. The number of hydrogen-bond acceptors (Lipinski definition) is 6. The molecule has 0 atom stereocenters. The second-order valence-corrected chi connectivity index (χ2v) is 6.95. The van der Waals surface area contributed by atoms with Crippen molar-refractivity contribution in [2.45, 2.75) is 6.92 Å². The summed E-state index contributed by atoms with van der Waals surface area (Å²) in [7, 11) is 0. The first-order valence-corrected chi connectivity index (χ1v) is 9.47. The number of benzene rings is 1. The lowest BCUT2D eigenvalue weighted by molar-refractivity contribution is -0.154. The van der Waals surface area contributed by atoms with E-state index in [1.54, 1.807) is 40.1 Å². The van der Waals surface area contributed by atoms with Gasteiger partial charge < -0.3 is 23.7 Å². The lowest BCUT2D eigenvalue weighted by Gasteiger charge is -2.34. The molecule has 0 aliphatic carbocycles. The lowest BCUT2D eigenvalue weighted by Crippen LogP contribution is -2.51. The predicted octanol–water partition coefficient (Wildman–Crippen LogP) is 2.15. The number of hydrogen-bond donors (Lipinski definition) is 0. The third-order valence-corrected chi connectivity index (χ3v) is 4.73. The van der Waals surface area contributed by atoms with E-state index in [4.69, 9.17) is 25.5 Å². The van der Waals surface area contributed by atoms with E-state index in [9.17, 15) is 14.4 Å². The van der Waals surface area contributed by atoms with Crippen LogP contribution in [0.3, 0.4) is 0 Å². The third kappa shape index (κ3) is 5.51. The highest BCUT2D eigenvalue weighted by Crippen LogP contribution is 2.21. The first-order chi connectivity index (χ1) is 13.9. The van der Waals surface area contributed by atoms with Crippen LogP contribution < -0.4 is 4.74 Å². The number of nitrogens with zero attached hydrogens (tertiary/aromatic N) is 2. The van der Waals surface area contributed by atoms with Crippen LogP contribution in [0.15, 0.2) is 41.0 Å². The summed E-state index contributed by atoms with van der Waals surface area (Å²) in [6.45, 7) is 2.64. The van der Waals surface area contributed by atoms with E-state index in [1.165, 1.54) is 6.26 Å². The Morgan fingerprint density at radius 1 is 1.07 bits per heavy atom. The van der Waals surface area contributed by atoms with Gasteiger partial charge in [0.1, 0.15) is 5.75 Å². The molecule has 0 unspecified atom stereocenters. The number of amides is 2. The molecular weight excluding hydrogens is 400 g/mol. The summed E-state index contributed by atoms with van der Waals surface area (Å²) in [6, 6.07) is 8.31. The molecule has 154 valence electrons. The van der Waals surface area contributed by atoms with Gasteiger partial charge in [0.05, 0.1) is 6.26 Å². The van der Waals surface area contributed by atoms with Crippen LogP contribution in [0, 0.1) is 6.92 Å². The minimum Gasteiger partial charge on any atom is -0.482 e. The van der Waals surface area contributed by atoms with Crippen molar-refractivity contribution in [2.75, 3.05) is 39.4 Å². The van der Waals surface area contributed by atoms with E-state index < -0.39 is 5.97 Å². The molecule has 2 heterocycles. The fourth-order valence-electron chi connectivity index (χ4n) is 2.90. The first-order valence-electron chi connectivity index (χ1n) is 9.09. The van der Waals surface area contributed by atoms with Crippen LogP contribution in [-0.4, -0.2) is 67.0 Å². The van der Waals surface area contributed by atoms with Gasteiger partial charge in [0, 0.05) is 31.2 Å². The monoisotopic (exact) mass is 420 g/mol. The molecule has 3 rings (SSSR count). The molecule has 1 aromatic heterocycles. The average molecular weight is 421 g/mol. The Kier molecular flexibility index (Phi) is 6.77. The molecule has 0 bridgehead atoms. The SMILES string of the molecule is Cc1cc(Cl)ccc1OCC(=O)OCC(=O)N1CCN(C(=O)c2ccco2)CC1. The molecule has 0 N–H and O–H groups in total. The molecule has 1 aliphatic heterocycles. The Morgan fingerprint density at radius 2 is 1.79 bits per heavy atom. The number of halogens is 1. The Hall–Kier alpha value is -3.00. The summed E-state index contributed by atoms with van der Waals surface area (Å²) in [5, 5.41) is 0.578. The maximum atomic E-state index is 12.2. The molecule has 0 radical (unpaired) electrons. The topological polar surface area (TPSA) is 89.3 Å². The Balaban J connectivity index is 1.38. The Morgan fingerprint density at radius 3 is 2.45 bits per heavy atom. The highest BCUT2D eigenvalue weighted by atomic mass is 35.5. The molecule has 29 heavy (non-hydrogen) atoms. The highest BCUT2D eigenvalue weighted by molar-refractivity contribution is 6.30. The number of ether oxygens (including phenoxy) is 2. The lowest BCUT2D eigenvalue weighted by atomic mass is 10.2. The van der Waals surface area contributed by atoms with E-state index in [2.05, 4.69) is 0 Å². The molecule has 1 fully saturated rings. The van der Waals surface area contributed by atoms with Gasteiger partial charge in [-0.2, -0.15) is 0 Å². The number of carbonyl (C=O) groups is 3. The Labute approximate surface area is 172 Å². The quantitative estimate of drug-likeness (QED) is 0.665. The molecule has 8 nitrogen and oxygen atoms in total. The number of esters is 1. The van der Waals surface area contributed by atoms with Crippen LogP contribution >= 0.6 is 11.6 Å². The molecule has 0 spiro atoms. The smallest absolute Gasteiger partial charge is 0.344 e. The summed E-state index contributed by atoms with van der Waals surface area (Å²) in [4.78, 5) is 39.5. The maximum absolute atomic E-state index is 12.2. The second kappa shape index (κ2) is 9.47. The number of aryl methyl sites for hydroxylation is 1. The third-order valence-electron chi connectivity index (χ3n) is 4.49. The molecule has 9 heteroatoms. The van der Waals surface area contributed by atoms with Crippen LogP contribution in [0.1, 0.15) is 16.1 Å². The van der Waals surface area contributed by atoms with Gasteiger partial charge in [-0.3, -0.25) is 9.59 Å². The van der Waals surface area contributed by atoms with E-state index in [0.29, 0.717) is 37.0 Å². The van der Waals surface area contributed by atoms with Gasteiger partial charge in [-0.15, -0.1) is 0 Å². The highest BCUT2D eigenvalue weighted by Gasteiger charge is 2.26. The van der Waals surface area contributed by atoms with Gasteiger partial charge in [0.25, 0.3) is 11.8 Å². The molecule has 1 saturated heterocycles. The molecule has 2 aromatic rings. The van der Waals surface area contributed by atoms with Crippen molar-refractivity contribution in [3.05, 3.63) is 52.9 Å². The molecule has 2 amide bonds. The summed E-state index contributed by atoms with van der Waals surface area (Å²) < 4.78 is 15.5. The first kappa shape index (κ1) is 20.7. The van der Waals surface area contributed by atoms with E-state index in [-0.39, 0.29) is 30.8 Å². The van der Waals surface area contributed by atoms with Crippen molar-refractivity contribution in [3.63, 3.8) is 0 Å². The van der Waals surface area contributed by atoms with Crippen molar-refractivity contribution in [2.24, 2.45) is 0 Å². The van der Waals surface area contributed by atoms with Crippen molar-refractivity contribution in [1.29, 1.82) is 0 Å². The van der Waals surface area contributed by atoms with Crippen molar-refractivity contribution in [3.8, 4) is 5.75 Å². The fraction of sp³-hybridized carbons (Fsp3) is 0.350. The van der Waals surface area contributed by atoms with Gasteiger partial charge in [-0.05, 0) is 42.8 Å². The van der Waals surface area contributed by atoms with E-state index >= 15 is 0 Å². The predicted molar refractivity (Wildman–Crippen MR) is 104 cm³/mol. The Bertz CT molecular complexity index is 875. The van der Waals surface area contributed by atoms with Crippen molar-refractivity contribution < 1.29 is 28.3 Å². The largest absolute Gasteiger partial charge is 0.482 e. The van der Waals surface area contributed by atoms with Gasteiger partial charge >= 0.3 is 5.97 Å². The molecular formula is C20H21ClN2O6. The van der Waals surface area contributed by atoms with Crippen molar-refractivity contribution in [1.82, 2.24) is 9.80 Å². The van der Waals surface area contributed by atoms with Gasteiger partial charge in [0.2, 0.25) is 0 Å². The number of rotatable bonds is 6. The van der Waals surface area contributed by atoms with Crippen molar-refractivity contribution >= 4 is 29.4 Å². The summed E-state index contributed by atoms with van der Waals surface area (Å²) in [5.74, 6) is -0.363. The minimum atomic E-state index is -0.640. The molecule has 1 aromatic carbocycles. The summed E-state index contributed by atoms with van der Waals surface area (Å²) >= 11 is 5.87. The van der Waals surface area contributed by atoms with Gasteiger partial charge in [-0.1, -0.05) is 11.6 Å². The molecule has 1 aliphatic rings. The van der Waals surface area contributed by atoms with Crippen LogP contribution in [0.25, 0.3) is 0 Å². The van der Waals surface area contributed by atoms with E-state index in [0.717, 1.165) is 5.56 Å². The number of furan rings is 1. The van der Waals surface area contributed by atoms with Gasteiger partial charge in [-0.25, -0.2) is 4.79 Å². The zero-order valence-electron chi connectivity index (χ0n) is 15.9. The van der Waals surface area contributed by atoms with Crippen LogP contribution in [-0.2, 0) is 14.3 Å². The summed E-state index contributed by atoms with van der Waals surface area (Å²) in [6.07, 6.45) is 1.44. The zero-order chi connectivity index (χ0) is 20.8. The maximum Gasteiger partial charge on any atom is 0.344 e. The normalized spacial score (nSPS) is 13.9. The standard InChI is InChI=1S/C20H21ClN2O6/c1-14-11-15(21)4-5-16(14)28-13-19(25)29-12-18(24)22-6-8-23(9-7-22)20(26)17-3-2-10-27-17/h2-5,10-11H,6-9,12-13H2,1H3. The van der Waals surface area contributed by atoms with Gasteiger partial charge in [0.15, 0.2) is 19.0 Å². The second-order valence-electron chi connectivity index (χ2n) is 6.51. The molecule has 0 saturated carbocycles. The van der Waals surface area contributed by atoms with Crippen LogP contribution in [0.5, 0.6) is 5.75 Å². The fourth-order valence-corrected chi connectivity index (χ4v) is 3.13. The van der Waals surface area contributed by atoms with E-state index in [1.807, 2.05) is 6.92 Å². The van der Waals surface area contributed by atoms with Crippen LogP contribution in [0.4, 0.5) is 0 Å². The summed E-state index contributed by atoms with van der Waals surface area (Å²) in [5.41, 5.74) is 0.795. The average Bonchev–Trinajstić information content (AvgIpc) is 3.26.